The first-order valence-corrected chi connectivity index (χ1v) is 11.2. The third-order valence-electron chi connectivity index (χ3n) is 4.79. The number of methoxy groups -OCH3 is 1. The van der Waals surface area contributed by atoms with Gasteiger partial charge in [-0.25, -0.2) is 4.99 Å². The zero-order chi connectivity index (χ0) is 23.4. The number of pyridine rings is 1. The molecule has 0 aliphatic carbocycles. The Morgan fingerprint density at radius 3 is 2.73 bits per heavy atom. The van der Waals surface area contributed by atoms with Gasteiger partial charge in [-0.15, -0.1) is 11.6 Å². The minimum absolute atomic E-state index is 0.225. The number of nitrogens with zero attached hydrogens (tertiary/aromatic N) is 2. The highest BCUT2D eigenvalue weighted by Crippen LogP contribution is 2.39. The number of anilines is 1. The van der Waals surface area contributed by atoms with Crippen LogP contribution in [0.3, 0.4) is 0 Å². The Kier molecular flexibility index (Phi) is 7.23. The summed E-state index contributed by atoms with van der Waals surface area (Å²) >= 11 is 18.0. The third kappa shape index (κ3) is 4.85. The molecule has 0 saturated carbocycles. The van der Waals surface area contributed by atoms with Gasteiger partial charge in [0.05, 0.1) is 40.7 Å². The number of halogens is 3. The smallest absolute Gasteiger partial charge is 0.256 e. The van der Waals surface area contributed by atoms with Crippen LogP contribution in [0.2, 0.25) is 10.0 Å². The number of ether oxygens (including phenoxy) is 2. The highest BCUT2D eigenvalue weighted by Gasteiger charge is 2.21. The Hall–Kier alpha value is -3.00. The lowest BCUT2D eigenvalue weighted by Gasteiger charge is -2.10. The maximum absolute atomic E-state index is 13.2. The number of nitrogens with one attached hydrogen (secondary N) is 1. The van der Waals surface area contributed by atoms with Crippen LogP contribution in [0.1, 0.15) is 16.8 Å². The maximum atomic E-state index is 13.2. The normalized spacial score (nSPS) is 11.4. The lowest BCUT2D eigenvalue weighted by Crippen LogP contribution is -2.13. The van der Waals surface area contributed by atoms with Gasteiger partial charge in [-0.1, -0.05) is 23.2 Å². The van der Waals surface area contributed by atoms with Gasteiger partial charge in [0, 0.05) is 29.0 Å². The average Bonchev–Trinajstić information content (AvgIpc) is 3.19. The molecule has 4 aromatic rings. The van der Waals surface area contributed by atoms with E-state index in [1.54, 1.807) is 24.3 Å². The van der Waals surface area contributed by atoms with E-state index in [9.17, 15) is 4.79 Å². The van der Waals surface area contributed by atoms with Crippen molar-refractivity contribution in [3.05, 3.63) is 58.3 Å². The molecule has 33 heavy (non-hydrogen) atoms. The number of fused-ring (bicyclic) bond motifs is 3. The minimum atomic E-state index is -0.418. The quantitative estimate of drug-likeness (QED) is 0.122. The Morgan fingerprint density at radius 2 is 2.00 bits per heavy atom. The van der Waals surface area contributed by atoms with Gasteiger partial charge in [0.2, 0.25) is 0 Å². The summed E-state index contributed by atoms with van der Waals surface area (Å²) < 4.78 is 16.8. The number of carbonyl (C=O) groups excluding carboxylic acids is 1. The molecule has 0 saturated heterocycles. The first kappa shape index (κ1) is 23.2. The van der Waals surface area contributed by atoms with Gasteiger partial charge in [0.1, 0.15) is 5.58 Å². The molecule has 0 aliphatic rings. The SMILES string of the molecule is COc1ccc(C(=O)Nc2c(Cl)cncc2Cl)c2c1oc1ccc(N=COCCCCl)cc12. The number of amides is 1. The summed E-state index contributed by atoms with van der Waals surface area (Å²) in [4.78, 5) is 21.5. The van der Waals surface area contributed by atoms with Crippen LogP contribution in [0.25, 0.3) is 21.9 Å². The van der Waals surface area contributed by atoms with E-state index in [1.165, 1.54) is 25.9 Å². The summed E-state index contributed by atoms with van der Waals surface area (Å²) in [6.07, 6.45) is 4.90. The number of carbonyl (C=O) groups is 1. The number of hydrogen-bond donors (Lipinski definition) is 1. The summed E-state index contributed by atoms with van der Waals surface area (Å²) in [5, 5.41) is 4.48. The van der Waals surface area contributed by atoms with Crippen LogP contribution in [0.15, 0.2) is 52.1 Å². The van der Waals surface area contributed by atoms with Crippen LogP contribution in [0.4, 0.5) is 11.4 Å². The van der Waals surface area contributed by atoms with Crippen molar-refractivity contribution in [3.63, 3.8) is 0 Å². The molecule has 0 unspecified atom stereocenters. The van der Waals surface area contributed by atoms with E-state index in [-0.39, 0.29) is 15.7 Å². The molecule has 170 valence electrons. The monoisotopic (exact) mass is 505 g/mol. The van der Waals surface area contributed by atoms with Crippen molar-refractivity contribution >= 4 is 80.4 Å². The van der Waals surface area contributed by atoms with Gasteiger partial charge in [-0.05, 0) is 36.8 Å². The molecule has 0 radical (unpaired) electrons. The fourth-order valence-electron chi connectivity index (χ4n) is 3.28. The Balaban J connectivity index is 1.78. The lowest BCUT2D eigenvalue weighted by atomic mass is 10.0. The molecular formula is C23H18Cl3N3O4. The van der Waals surface area contributed by atoms with Crippen LogP contribution < -0.4 is 10.1 Å². The van der Waals surface area contributed by atoms with Crippen molar-refractivity contribution in [1.82, 2.24) is 4.98 Å². The largest absolute Gasteiger partial charge is 0.493 e. The van der Waals surface area contributed by atoms with Gasteiger partial charge < -0.3 is 19.2 Å². The standard InChI is InChI=1S/C23H18Cl3N3O4/c1-31-19-6-4-14(23(30)29-21-16(25)10-27-11-17(21)26)20-15-9-13(28-12-32-8-2-7-24)3-5-18(15)33-22(19)20/h3-6,9-12H,2,7-8H2,1H3,(H,27,29,30). The van der Waals surface area contributed by atoms with Crippen LogP contribution in [0.5, 0.6) is 5.75 Å². The van der Waals surface area contributed by atoms with Gasteiger partial charge in [0.25, 0.3) is 5.91 Å². The van der Waals surface area contributed by atoms with Crippen molar-refractivity contribution in [2.45, 2.75) is 6.42 Å². The predicted molar refractivity (Wildman–Crippen MR) is 132 cm³/mol. The fraction of sp³-hybridized carbons (Fsp3) is 0.174. The molecule has 0 aliphatic heterocycles. The van der Waals surface area contributed by atoms with E-state index < -0.39 is 5.91 Å². The van der Waals surface area contributed by atoms with Crippen LogP contribution >= 0.6 is 34.8 Å². The molecule has 4 rings (SSSR count). The predicted octanol–water partition coefficient (Wildman–Crippen LogP) is 6.85. The number of benzene rings is 2. The van der Waals surface area contributed by atoms with E-state index in [1.807, 2.05) is 6.07 Å². The number of aromatic nitrogens is 1. The molecular weight excluding hydrogens is 489 g/mol. The first-order chi connectivity index (χ1) is 16.0. The Morgan fingerprint density at radius 1 is 1.21 bits per heavy atom. The van der Waals surface area contributed by atoms with Crippen LogP contribution in [-0.4, -0.2) is 36.9 Å². The number of furan rings is 1. The number of aliphatic imine (C=N–C) groups is 1. The first-order valence-electron chi connectivity index (χ1n) is 9.87. The second-order valence-corrected chi connectivity index (χ2v) is 8.07. The van der Waals surface area contributed by atoms with E-state index in [0.717, 1.165) is 6.42 Å². The molecule has 10 heteroatoms. The number of rotatable bonds is 8. The van der Waals surface area contributed by atoms with Gasteiger partial charge in [-0.2, -0.15) is 0 Å². The van der Waals surface area contributed by atoms with Crippen molar-refractivity contribution in [3.8, 4) is 5.75 Å². The molecule has 1 amide bonds. The average molecular weight is 507 g/mol. The van der Waals surface area contributed by atoms with Crippen molar-refractivity contribution in [2.75, 3.05) is 24.9 Å². The molecule has 1 N–H and O–H groups in total. The summed E-state index contributed by atoms with van der Waals surface area (Å²) in [5.74, 6) is 0.592. The molecule has 0 spiro atoms. The Labute approximate surface area is 204 Å². The topological polar surface area (TPSA) is 86.0 Å². The zero-order valence-electron chi connectivity index (χ0n) is 17.4. The lowest BCUT2D eigenvalue weighted by molar-refractivity contribution is 0.102. The highest BCUT2D eigenvalue weighted by molar-refractivity contribution is 6.40. The van der Waals surface area contributed by atoms with Gasteiger partial charge >= 0.3 is 0 Å². The molecule has 2 heterocycles. The second kappa shape index (κ2) is 10.3. The van der Waals surface area contributed by atoms with Crippen molar-refractivity contribution < 1.29 is 18.7 Å². The van der Waals surface area contributed by atoms with Crippen LogP contribution in [-0.2, 0) is 4.74 Å². The zero-order valence-corrected chi connectivity index (χ0v) is 19.7. The van der Waals surface area contributed by atoms with Crippen molar-refractivity contribution in [1.29, 1.82) is 0 Å². The number of hydrogen-bond acceptors (Lipinski definition) is 6. The van der Waals surface area contributed by atoms with Gasteiger partial charge in [-0.3, -0.25) is 9.78 Å². The second-order valence-electron chi connectivity index (χ2n) is 6.88. The molecule has 0 fully saturated rings. The fourth-order valence-corrected chi connectivity index (χ4v) is 3.84. The van der Waals surface area contributed by atoms with E-state index in [2.05, 4.69) is 15.3 Å². The molecule has 0 atom stereocenters. The molecule has 7 nitrogen and oxygen atoms in total. The highest BCUT2D eigenvalue weighted by atomic mass is 35.5. The summed E-state index contributed by atoms with van der Waals surface area (Å²) in [7, 11) is 1.53. The van der Waals surface area contributed by atoms with Crippen LogP contribution in [0, 0.1) is 0 Å². The number of alkyl halides is 1. The minimum Gasteiger partial charge on any atom is -0.493 e. The maximum Gasteiger partial charge on any atom is 0.256 e. The molecule has 2 aromatic heterocycles. The summed E-state index contributed by atoms with van der Waals surface area (Å²) in [5.41, 5.74) is 2.27. The van der Waals surface area contributed by atoms with Crippen molar-refractivity contribution in [2.24, 2.45) is 4.99 Å². The van der Waals surface area contributed by atoms with E-state index in [4.69, 9.17) is 48.7 Å². The van der Waals surface area contributed by atoms with E-state index >= 15 is 0 Å². The third-order valence-corrected chi connectivity index (χ3v) is 5.64. The Bertz CT molecular complexity index is 1330. The van der Waals surface area contributed by atoms with E-state index in [0.29, 0.717) is 51.4 Å². The summed E-state index contributed by atoms with van der Waals surface area (Å²) in [6, 6.07) is 8.69. The van der Waals surface area contributed by atoms with Gasteiger partial charge in [0.15, 0.2) is 17.7 Å². The summed E-state index contributed by atoms with van der Waals surface area (Å²) in [6.45, 7) is 0.478. The molecule has 0 bridgehead atoms. The molecule has 2 aromatic carbocycles.